The van der Waals surface area contributed by atoms with Crippen LogP contribution in [0.2, 0.25) is 5.02 Å². The Bertz CT molecular complexity index is 1350. The molecule has 0 spiro atoms. The van der Waals surface area contributed by atoms with Gasteiger partial charge < -0.3 is 14.0 Å². The number of carbonyl (C=O) groups excluding carboxylic acids is 2. The number of nitrogens with zero attached hydrogens (tertiary/aromatic N) is 1. The molecule has 0 amide bonds. The smallest absolute Gasteiger partial charge is 0.355 e. The van der Waals surface area contributed by atoms with E-state index in [4.69, 9.17) is 21.1 Å². The highest BCUT2D eigenvalue weighted by Crippen LogP contribution is 2.36. The van der Waals surface area contributed by atoms with Crippen LogP contribution in [0.15, 0.2) is 53.0 Å². The molecule has 4 rings (SSSR count). The highest BCUT2D eigenvalue weighted by molar-refractivity contribution is 9.10. The maximum Gasteiger partial charge on any atom is 0.355 e. The van der Waals surface area contributed by atoms with E-state index in [1.54, 1.807) is 16.7 Å². The Kier molecular flexibility index (Phi) is 6.53. The lowest BCUT2D eigenvalue weighted by Gasteiger charge is -2.13. The van der Waals surface area contributed by atoms with Crippen molar-refractivity contribution in [2.45, 2.75) is 19.9 Å². The van der Waals surface area contributed by atoms with Crippen LogP contribution in [0.3, 0.4) is 0 Å². The van der Waals surface area contributed by atoms with Gasteiger partial charge in [-0.3, -0.25) is 4.79 Å². The first kappa shape index (κ1) is 22.4. The van der Waals surface area contributed by atoms with Crippen LogP contribution in [0, 0.1) is 6.92 Å². The lowest BCUT2D eigenvalue weighted by molar-refractivity contribution is 0.0586. The van der Waals surface area contributed by atoms with E-state index in [2.05, 4.69) is 28.1 Å². The van der Waals surface area contributed by atoms with Gasteiger partial charge in [-0.05, 0) is 58.4 Å². The van der Waals surface area contributed by atoms with Crippen molar-refractivity contribution in [3.8, 4) is 5.75 Å². The molecule has 0 saturated carbocycles. The molecule has 0 fully saturated rings. The highest BCUT2D eigenvalue weighted by Gasteiger charge is 2.25. The molecule has 0 radical (unpaired) electrons. The van der Waals surface area contributed by atoms with Crippen molar-refractivity contribution in [2.75, 3.05) is 13.7 Å². The van der Waals surface area contributed by atoms with Gasteiger partial charge in [0.1, 0.15) is 11.4 Å². The van der Waals surface area contributed by atoms with Crippen LogP contribution in [0.4, 0.5) is 0 Å². The standard InChI is InChI=1S/C25H21BrClNO4/c1-15-12-16-6-3-4-7-17(16)21(13-15)32-11-5-10-28-20-9-8-19(27)23(26)22(20)18(14-29)24(28)25(30)31-2/h3-4,6-9,12-14H,5,10-11H2,1-2H3. The molecule has 1 aromatic heterocycles. The summed E-state index contributed by atoms with van der Waals surface area (Å²) in [7, 11) is 1.30. The Hall–Kier alpha value is -2.83. The number of carbonyl (C=O) groups is 2. The molecule has 5 nitrogen and oxygen atoms in total. The van der Waals surface area contributed by atoms with Gasteiger partial charge in [0.2, 0.25) is 0 Å². The minimum atomic E-state index is -0.572. The monoisotopic (exact) mass is 513 g/mol. The van der Waals surface area contributed by atoms with E-state index in [0.717, 1.165) is 27.6 Å². The summed E-state index contributed by atoms with van der Waals surface area (Å²) >= 11 is 9.69. The van der Waals surface area contributed by atoms with Crippen LogP contribution < -0.4 is 4.74 Å². The molecular weight excluding hydrogens is 494 g/mol. The Morgan fingerprint density at radius 2 is 1.97 bits per heavy atom. The quantitative estimate of drug-likeness (QED) is 0.159. The number of ether oxygens (including phenoxy) is 2. The second kappa shape index (κ2) is 9.35. The Morgan fingerprint density at radius 3 is 2.72 bits per heavy atom. The molecule has 4 aromatic rings. The first-order chi connectivity index (χ1) is 15.5. The predicted molar refractivity (Wildman–Crippen MR) is 130 cm³/mol. The van der Waals surface area contributed by atoms with Gasteiger partial charge in [-0.2, -0.15) is 0 Å². The van der Waals surface area contributed by atoms with Crippen LogP contribution >= 0.6 is 27.5 Å². The molecule has 0 unspecified atom stereocenters. The van der Waals surface area contributed by atoms with Gasteiger partial charge in [0, 0.05) is 21.8 Å². The molecule has 7 heteroatoms. The number of rotatable bonds is 7. The van der Waals surface area contributed by atoms with Crippen LogP contribution in [0.5, 0.6) is 5.75 Å². The number of benzene rings is 3. The molecule has 0 N–H and O–H groups in total. The first-order valence-corrected chi connectivity index (χ1v) is 11.3. The van der Waals surface area contributed by atoms with Crippen molar-refractivity contribution in [3.63, 3.8) is 0 Å². The maximum atomic E-state index is 12.5. The summed E-state index contributed by atoms with van der Waals surface area (Å²) in [5.41, 5.74) is 2.32. The van der Waals surface area contributed by atoms with Crippen molar-refractivity contribution in [2.24, 2.45) is 0 Å². The minimum Gasteiger partial charge on any atom is -0.493 e. The zero-order chi connectivity index (χ0) is 22.8. The van der Waals surface area contributed by atoms with Crippen molar-refractivity contribution in [3.05, 3.63) is 74.8 Å². The van der Waals surface area contributed by atoms with Gasteiger partial charge >= 0.3 is 5.97 Å². The number of aromatic nitrogens is 1. The molecular formula is C25H21BrClNO4. The Morgan fingerprint density at radius 1 is 1.19 bits per heavy atom. The first-order valence-electron chi connectivity index (χ1n) is 10.1. The number of aldehydes is 1. The molecule has 32 heavy (non-hydrogen) atoms. The summed E-state index contributed by atoms with van der Waals surface area (Å²) < 4.78 is 13.4. The summed E-state index contributed by atoms with van der Waals surface area (Å²) in [4.78, 5) is 24.4. The van der Waals surface area contributed by atoms with E-state index in [-0.39, 0.29) is 11.3 Å². The summed E-state index contributed by atoms with van der Waals surface area (Å²) in [6.45, 7) is 2.95. The zero-order valence-corrected chi connectivity index (χ0v) is 20.0. The van der Waals surface area contributed by atoms with Crippen LogP contribution in [-0.4, -0.2) is 30.5 Å². The number of hydrogen-bond acceptors (Lipinski definition) is 4. The minimum absolute atomic E-state index is 0.210. The number of hydrogen-bond donors (Lipinski definition) is 0. The second-order valence-corrected chi connectivity index (χ2v) is 8.67. The van der Waals surface area contributed by atoms with Crippen molar-refractivity contribution in [1.82, 2.24) is 4.57 Å². The Labute approximate surface area is 199 Å². The largest absolute Gasteiger partial charge is 0.493 e. The fourth-order valence-corrected chi connectivity index (χ4v) is 4.72. The van der Waals surface area contributed by atoms with Gasteiger partial charge in [-0.25, -0.2) is 4.79 Å². The average molecular weight is 515 g/mol. The van der Waals surface area contributed by atoms with Gasteiger partial charge in [0.15, 0.2) is 6.29 Å². The second-order valence-electron chi connectivity index (χ2n) is 7.47. The van der Waals surface area contributed by atoms with E-state index in [9.17, 15) is 9.59 Å². The van der Waals surface area contributed by atoms with Gasteiger partial charge in [-0.1, -0.05) is 41.9 Å². The van der Waals surface area contributed by atoms with E-state index in [1.165, 1.54) is 7.11 Å². The van der Waals surface area contributed by atoms with Crippen LogP contribution in [0.25, 0.3) is 21.7 Å². The zero-order valence-electron chi connectivity index (χ0n) is 17.7. The lowest BCUT2D eigenvalue weighted by atomic mass is 10.1. The van der Waals surface area contributed by atoms with E-state index in [1.807, 2.05) is 31.2 Å². The SMILES string of the molecule is COC(=O)c1c(C=O)c2c(Br)c(Cl)ccc2n1CCCOc1cc(C)cc2ccccc12. The molecule has 0 aliphatic carbocycles. The van der Waals surface area contributed by atoms with E-state index in [0.29, 0.717) is 40.7 Å². The highest BCUT2D eigenvalue weighted by atomic mass is 79.9. The molecule has 0 bridgehead atoms. The van der Waals surface area contributed by atoms with Crippen LogP contribution in [-0.2, 0) is 11.3 Å². The summed E-state index contributed by atoms with van der Waals surface area (Å²) in [6, 6.07) is 15.8. The molecule has 3 aromatic carbocycles. The van der Waals surface area contributed by atoms with Gasteiger partial charge in [0.05, 0.1) is 29.8 Å². The van der Waals surface area contributed by atoms with Gasteiger partial charge in [-0.15, -0.1) is 0 Å². The fourth-order valence-electron chi connectivity index (χ4n) is 4.01. The molecule has 0 saturated heterocycles. The summed E-state index contributed by atoms with van der Waals surface area (Å²) in [5, 5.41) is 3.24. The van der Waals surface area contributed by atoms with Crippen molar-refractivity contribution < 1.29 is 19.1 Å². The number of esters is 1. The van der Waals surface area contributed by atoms with E-state index < -0.39 is 5.97 Å². The van der Waals surface area contributed by atoms with E-state index >= 15 is 0 Å². The average Bonchev–Trinajstić information content (AvgIpc) is 3.12. The number of halogens is 2. The normalized spacial score (nSPS) is 11.1. The molecule has 1 heterocycles. The third-order valence-electron chi connectivity index (χ3n) is 5.41. The summed E-state index contributed by atoms with van der Waals surface area (Å²) in [6.07, 6.45) is 1.29. The molecule has 0 aliphatic rings. The topological polar surface area (TPSA) is 57.5 Å². The van der Waals surface area contributed by atoms with Crippen LogP contribution in [0.1, 0.15) is 32.8 Å². The van der Waals surface area contributed by atoms with Crippen molar-refractivity contribution >= 4 is 61.5 Å². The number of fused-ring (bicyclic) bond motifs is 2. The fraction of sp³-hybridized carbons (Fsp3) is 0.200. The number of methoxy groups -OCH3 is 1. The third kappa shape index (κ3) is 4.00. The molecule has 0 atom stereocenters. The van der Waals surface area contributed by atoms with Gasteiger partial charge in [0.25, 0.3) is 0 Å². The predicted octanol–water partition coefficient (Wildman–Crippen LogP) is 6.59. The summed E-state index contributed by atoms with van der Waals surface area (Å²) in [5.74, 6) is 0.256. The van der Waals surface area contributed by atoms with Crippen molar-refractivity contribution in [1.29, 1.82) is 0 Å². The number of aryl methyl sites for hydroxylation is 2. The third-order valence-corrected chi connectivity index (χ3v) is 6.77. The molecule has 0 aliphatic heterocycles. The lowest BCUT2D eigenvalue weighted by Crippen LogP contribution is -2.14. The Balaban J connectivity index is 1.63. The molecule has 164 valence electrons. The maximum absolute atomic E-state index is 12.5.